The zero-order chi connectivity index (χ0) is 14.6. The third-order valence-electron chi connectivity index (χ3n) is 3.53. The summed E-state index contributed by atoms with van der Waals surface area (Å²) < 4.78 is 26.1. The number of rotatable bonds is 6. The molecule has 0 aromatic carbocycles. The third-order valence-corrected chi connectivity index (χ3v) is 4.84. The molecule has 1 aliphatic heterocycles. The van der Waals surface area contributed by atoms with E-state index in [0.717, 1.165) is 24.9 Å². The molecule has 20 heavy (non-hydrogen) atoms. The van der Waals surface area contributed by atoms with E-state index in [1.165, 1.54) is 10.6 Å². The summed E-state index contributed by atoms with van der Waals surface area (Å²) in [5.41, 5.74) is 1.07. The number of hydrogen-bond acceptors (Lipinski definition) is 5. The Kier molecular flexibility index (Phi) is 5.14. The van der Waals surface area contributed by atoms with Gasteiger partial charge in [0.2, 0.25) is 10.0 Å². The Morgan fingerprint density at radius 3 is 2.75 bits per heavy atom. The maximum atomic E-state index is 11.4. The van der Waals surface area contributed by atoms with Gasteiger partial charge in [-0.1, -0.05) is 0 Å². The molecule has 1 fully saturated rings. The summed E-state index contributed by atoms with van der Waals surface area (Å²) in [5, 5.41) is 16.4. The predicted octanol–water partition coefficient (Wildman–Crippen LogP) is -0.611. The first-order chi connectivity index (χ1) is 9.49. The highest BCUT2D eigenvalue weighted by molar-refractivity contribution is 7.88. The highest BCUT2D eigenvalue weighted by atomic mass is 32.2. The van der Waals surface area contributed by atoms with Gasteiger partial charge in [0.15, 0.2) is 0 Å². The lowest BCUT2D eigenvalue weighted by Crippen LogP contribution is -2.44. The lowest BCUT2D eigenvalue weighted by molar-refractivity contribution is 0.269. The van der Waals surface area contributed by atoms with Crippen molar-refractivity contribution in [3.63, 3.8) is 0 Å². The van der Waals surface area contributed by atoms with Crippen LogP contribution in [0.3, 0.4) is 0 Å². The zero-order valence-corrected chi connectivity index (χ0v) is 12.5. The van der Waals surface area contributed by atoms with Crippen LogP contribution in [-0.4, -0.2) is 59.6 Å². The van der Waals surface area contributed by atoms with Crippen molar-refractivity contribution in [3.8, 4) is 0 Å². The van der Waals surface area contributed by atoms with Gasteiger partial charge in [-0.3, -0.25) is 4.68 Å². The zero-order valence-electron chi connectivity index (χ0n) is 11.7. The van der Waals surface area contributed by atoms with Gasteiger partial charge in [-0.05, 0) is 12.8 Å². The second-order valence-corrected chi connectivity index (χ2v) is 7.13. The van der Waals surface area contributed by atoms with Crippen LogP contribution in [0.4, 0.5) is 0 Å². The van der Waals surface area contributed by atoms with E-state index in [0.29, 0.717) is 25.7 Å². The Bertz CT molecular complexity index is 521. The molecule has 0 amide bonds. The number of hydrogen-bond donors (Lipinski definition) is 2. The molecule has 0 unspecified atom stereocenters. The molecule has 0 radical (unpaired) electrons. The minimum absolute atomic E-state index is 0.0818. The molecular formula is C12H22N4O3S. The van der Waals surface area contributed by atoms with Gasteiger partial charge >= 0.3 is 0 Å². The lowest BCUT2D eigenvalue weighted by Gasteiger charge is -2.30. The molecule has 0 aliphatic carbocycles. The molecule has 0 saturated carbocycles. The number of piperidine rings is 1. The maximum absolute atomic E-state index is 11.4. The Hall–Kier alpha value is -0.960. The molecule has 0 atom stereocenters. The van der Waals surface area contributed by atoms with Crippen LogP contribution in [0.25, 0.3) is 0 Å². The number of aliphatic hydroxyl groups excluding tert-OH is 1. The van der Waals surface area contributed by atoms with E-state index in [-0.39, 0.29) is 6.61 Å². The molecule has 2 N–H and O–H groups in total. The van der Waals surface area contributed by atoms with Crippen LogP contribution in [0.15, 0.2) is 12.4 Å². The molecule has 114 valence electrons. The van der Waals surface area contributed by atoms with Gasteiger partial charge in [0.05, 0.1) is 25.6 Å². The summed E-state index contributed by atoms with van der Waals surface area (Å²) >= 11 is 0. The first-order valence-corrected chi connectivity index (χ1v) is 8.64. The van der Waals surface area contributed by atoms with Crippen LogP contribution in [0.2, 0.25) is 0 Å². The average Bonchev–Trinajstić information content (AvgIpc) is 2.84. The summed E-state index contributed by atoms with van der Waals surface area (Å²) in [7, 11) is -3.05. The number of aromatic nitrogens is 2. The minimum atomic E-state index is -3.05. The first kappa shape index (κ1) is 15.4. The third kappa shape index (κ3) is 4.27. The van der Waals surface area contributed by atoms with Crippen LogP contribution in [0, 0.1) is 0 Å². The molecule has 0 bridgehead atoms. The molecule has 0 spiro atoms. The van der Waals surface area contributed by atoms with Crippen molar-refractivity contribution < 1.29 is 13.5 Å². The van der Waals surface area contributed by atoms with E-state index in [2.05, 4.69) is 10.4 Å². The summed E-state index contributed by atoms with van der Waals surface area (Å²) in [6.45, 7) is 2.47. The van der Waals surface area contributed by atoms with E-state index < -0.39 is 10.0 Å². The van der Waals surface area contributed by atoms with E-state index in [1.807, 2.05) is 6.20 Å². The van der Waals surface area contributed by atoms with Crippen LogP contribution in [0.5, 0.6) is 0 Å². The molecule has 1 saturated heterocycles. The second-order valence-electron chi connectivity index (χ2n) is 5.15. The Balaban J connectivity index is 1.75. The largest absolute Gasteiger partial charge is 0.394 e. The molecule has 7 nitrogen and oxygen atoms in total. The highest BCUT2D eigenvalue weighted by Crippen LogP contribution is 2.13. The van der Waals surface area contributed by atoms with Gasteiger partial charge in [0.25, 0.3) is 0 Å². The first-order valence-electron chi connectivity index (χ1n) is 6.80. The minimum Gasteiger partial charge on any atom is -0.394 e. The van der Waals surface area contributed by atoms with Crippen LogP contribution >= 0.6 is 0 Å². The molecular weight excluding hydrogens is 280 g/mol. The molecule has 2 rings (SSSR count). The van der Waals surface area contributed by atoms with Gasteiger partial charge in [0.1, 0.15) is 0 Å². The Morgan fingerprint density at radius 1 is 1.45 bits per heavy atom. The quantitative estimate of drug-likeness (QED) is 0.732. The molecule has 2 heterocycles. The van der Waals surface area contributed by atoms with Gasteiger partial charge in [0, 0.05) is 37.4 Å². The fourth-order valence-electron chi connectivity index (χ4n) is 2.38. The number of nitrogens with zero attached hydrogens (tertiary/aromatic N) is 3. The van der Waals surface area contributed by atoms with E-state index in [4.69, 9.17) is 5.11 Å². The van der Waals surface area contributed by atoms with E-state index >= 15 is 0 Å². The summed E-state index contributed by atoms with van der Waals surface area (Å²) in [6, 6.07) is 0.342. The SMILES string of the molecule is CS(=O)(=O)N1CCC(NCc2cnn(CCO)c2)CC1. The van der Waals surface area contributed by atoms with E-state index in [9.17, 15) is 8.42 Å². The lowest BCUT2D eigenvalue weighted by atomic mass is 10.1. The molecule has 1 aromatic heterocycles. The van der Waals surface area contributed by atoms with Crippen LogP contribution in [-0.2, 0) is 23.1 Å². The van der Waals surface area contributed by atoms with Crippen LogP contribution in [0.1, 0.15) is 18.4 Å². The fraction of sp³-hybridized carbons (Fsp3) is 0.750. The highest BCUT2D eigenvalue weighted by Gasteiger charge is 2.24. The van der Waals surface area contributed by atoms with Gasteiger partial charge in [-0.25, -0.2) is 12.7 Å². The smallest absolute Gasteiger partial charge is 0.211 e. The van der Waals surface area contributed by atoms with Crippen molar-refractivity contribution in [2.75, 3.05) is 26.0 Å². The van der Waals surface area contributed by atoms with Crippen molar-refractivity contribution >= 4 is 10.0 Å². The number of aliphatic hydroxyl groups is 1. The monoisotopic (exact) mass is 302 g/mol. The summed E-state index contributed by atoms with van der Waals surface area (Å²) in [4.78, 5) is 0. The summed E-state index contributed by atoms with van der Waals surface area (Å²) in [5.74, 6) is 0. The van der Waals surface area contributed by atoms with Crippen molar-refractivity contribution in [1.82, 2.24) is 19.4 Å². The average molecular weight is 302 g/mol. The van der Waals surface area contributed by atoms with Gasteiger partial charge in [-0.15, -0.1) is 0 Å². The Morgan fingerprint density at radius 2 is 2.15 bits per heavy atom. The van der Waals surface area contributed by atoms with E-state index in [1.54, 1.807) is 10.9 Å². The standard InChI is InChI=1S/C12H22N4O3S/c1-20(18,19)16-4-2-12(3-5-16)13-8-11-9-14-15(10-11)6-7-17/h9-10,12-13,17H,2-8H2,1H3. The number of sulfonamides is 1. The van der Waals surface area contributed by atoms with Crippen molar-refractivity contribution in [3.05, 3.63) is 18.0 Å². The molecule has 1 aliphatic rings. The second kappa shape index (κ2) is 6.66. The number of nitrogens with one attached hydrogen (secondary N) is 1. The van der Waals surface area contributed by atoms with Gasteiger partial charge in [-0.2, -0.15) is 5.10 Å². The normalized spacial score (nSPS) is 18.5. The maximum Gasteiger partial charge on any atom is 0.211 e. The fourth-order valence-corrected chi connectivity index (χ4v) is 3.25. The Labute approximate surface area is 119 Å². The molecule has 1 aromatic rings. The summed E-state index contributed by atoms with van der Waals surface area (Å²) in [6.07, 6.45) is 6.62. The van der Waals surface area contributed by atoms with Crippen molar-refractivity contribution in [1.29, 1.82) is 0 Å². The van der Waals surface area contributed by atoms with Crippen LogP contribution < -0.4 is 5.32 Å². The predicted molar refractivity (Wildman–Crippen MR) is 75.6 cm³/mol. The molecule has 8 heteroatoms. The van der Waals surface area contributed by atoms with Crippen molar-refractivity contribution in [2.45, 2.75) is 32.0 Å². The van der Waals surface area contributed by atoms with Crippen molar-refractivity contribution in [2.24, 2.45) is 0 Å². The van der Waals surface area contributed by atoms with Gasteiger partial charge < -0.3 is 10.4 Å². The topological polar surface area (TPSA) is 87.5 Å².